The van der Waals surface area contributed by atoms with E-state index in [1.807, 2.05) is 18.7 Å². The van der Waals surface area contributed by atoms with Crippen molar-refractivity contribution in [3.8, 4) is 6.07 Å². The number of likely N-dealkylation sites (tertiary alicyclic amines) is 1. The summed E-state index contributed by atoms with van der Waals surface area (Å²) in [7, 11) is 0. The van der Waals surface area contributed by atoms with Gasteiger partial charge in [-0.3, -0.25) is 4.79 Å². The number of nitriles is 1. The highest BCUT2D eigenvalue weighted by molar-refractivity contribution is 5.73. The van der Waals surface area contributed by atoms with Gasteiger partial charge in [0.25, 0.3) is 0 Å². The Morgan fingerprint density at radius 1 is 1.45 bits per heavy atom. The van der Waals surface area contributed by atoms with Crippen molar-refractivity contribution in [1.29, 1.82) is 5.26 Å². The molecule has 0 aromatic carbocycles. The Kier molecular flexibility index (Phi) is 3.58. The zero-order valence-corrected chi connectivity index (χ0v) is 12.9. The van der Waals surface area contributed by atoms with Gasteiger partial charge >= 0.3 is 0 Å². The minimum absolute atomic E-state index is 0.0990. The Bertz CT molecular complexity index is 501. The van der Waals surface area contributed by atoms with Crippen LogP contribution in [-0.4, -0.2) is 29.0 Å². The summed E-state index contributed by atoms with van der Waals surface area (Å²) in [6.45, 7) is 9.26. The van der Waals surface area contributed by atoms with E-state index in [4.69, 9.17) is 0 Å². The van der Waals surface area contributed by atoms with Crippen molar-refractivity contribution >= 4 is 5.91 Å². The van der Waals surface area contributed by atoms with Crippen LogP contribution in [0, 0.1) is 28.1 Å². The maximum absolute atomic E-state index is 11.7. The predicted molar refractivity (Wildman–Crippen MR) is 76.8 cm³/mol. The minimum atomic E-state index is -0.398. The van der Waals surface area contributed by atoms with Gasteiger partial charge in [0.1, 0.15) is 5.76 Å². The number of nitrogens with zero attached hydrogens (tertiary/aromatic N) is 2. The van der Waals surface area contributed by atoms with E-state index in [1.165, 1.54) is 0 Å². The fourth-order valence-electron chi connectivity index (χ4n) is 4.27. The third-order valence-electron chi connectivity index (χ3n) is 5.24. The van der Waals surface area contributed by atoms with Gasteiger partial charge in [-0.05, 0) is 30.6 Å². The highest BCUT2D eigenvalue weighted by atomic mass is 16.3. The molecular weight excluding hydrogens is 252 g/mol. The van der Waals surface area contributed by atoms with Gasteiger partial charge in [-0.2, -0.15) is 5.26 Å². The molecule has 0 aromatic rings. The Morgan fingerprint density at radius 2 is 2.10 bits per heavy atom. The van der Waals surface area contributed by atoms with Crippen molar-refractivity contribution in [2.75, 3.05) is 13.1 Å². The van der Waals surface area contributed by atoms with E-state index < -0.39 is 5.41 Å². The van der Waals surface area contributed by atoms with Crippen molar-refractivity contribution in [2.45, 2.75) is 47.0 Å². The Hall–Kier alpha value is -1.50. The lowest BCUT2D eigenvalue weighted by Crippen LogP contribution is -2.48. The number of fused-ring (bicyclic) bond motifs is 1. The van der Waals surface area contributed by atoms with Crippen LogP contribution in [0.25, 0.3) is 0 Å². The molecule has 1 saturated heterocycles. The largest absolute Gasteiger partial charge is 0.511 e. The fraction of sp³-hybridized carbons (Fsp3) is 0.750. The molecule has 2 rings (SSSR count). The van der Waals surface area contributed by atoms with Crippen LogP contribution in [0.2, 0.25) is 0 Å². The first-order valence-electron chi connectivity index (χ1n) is 7.30. The van der Waals surface area contributed by atoms with Gasteiger partial charge in [0.15, 0.2) is 0 Å². The van der Waals surface area contributed by atoms with E-state index in [0.29, 0.717) is 18.5 Å². The zero-order valence-electron chi connectivity index (χ0n) is 12.9. The number of carbonyl (C=O) groups is 1. The summed E-state index contributed by atoms with van der Waals surface area (Å²) >= 11 is 0. The summed E-state index contributed by atoms with van der Waals surface area (Å²) in [5.74, 6) is 0.636. The first-order chi connectivity index (χ1) is 9.22. The standard InChI is InChI=1S/C16H24N2O2/c1-11(19)18-7-5-6-13-15(2,3)14(20)12(9-17)8-16(13,4)10-18/h13,20H,5-8,10H2,1-4H3/t13-,16+/m0/s1. The van der Waals surface area contributed by atoms with Gasteiger partial charge < -0.3 is 10.0 Å². The molecule has 1 heterocycles. The number of allylic oxidation sites excluding steroid dienone is 2. The number of amides is 1. The van der Waals surface area contributed by atoms with Crippen molar-refractivity contribution < 1.29 is 9.90 Å². The third-order valence-corrected chi connectivity index (χ3v) is 5.24. The number of carbonyl (C=O) groups excluding carboxylic acids is 1. The first kappa shape index (κ1) is 14.9. The normalized spacial score (nSPS) is 33.1. The molecule has 2 atom stereocenters. The lowest BCUT2D eigenvalue weighted by Gasteiger charge is -2.50. The summed E-state index contributed by atoms with van der Waals surface area (Å²) in [5, 5.41) is 19.7. The Balaban J connectivity index is 2.46. The third kappa shape index (κ3) is 2.19. The van der Waals surface area contributed by atoms with Gasteiger partial charge in [0.2, 0.25) is 5.91 Å². The number of hydrogen-bond acceptors (Lipinski definition) is 3. The van der Waals surface area contributed by atoms with E-state index in [0.717, 1.165) is 19.4 Å². The van der Waals surface area contributed by atoms with Crippen LogP contribution in [0.5, 0.6) is 0 Å². The highest BCUT2D eigenvalue weighted by Gasteiger charge is 2.52. The van der Waals surface area contributed by atoms with Crippen LogP contribution < -0.4 is 0 Å². The maximum Gasteiger partial charge on any atom is 0.219 e. The average Bonchev–Trinajstić information content (AvgIpc) is 2.54. The Labute approximate surface area is 121 Å². The van der Waals surface area contributed by atoms with Crippen LogP contribution in [0.1, 0.15) is 47.0 Å². The van der Waals surface area contributed by atoms with Crippen molar-refractivity contribution in [1.82, 2.24) is 4.90 Å². The lowest BCUT2D eigenvalue weighted by molar-refractivity contribution is -0.130. The molecule has 20 heavy (non-hydrogen) atoms. The van der Waals surface area contributed by atoms with Crippen LogP contribution in [0.15, 0.2) is 11.3 Å². The molecule has 110 valence electrons. The molecule has 1 N–H and O–H groups in total. The fourth-order valence-corrected chi connectivity index (χ4v) is 4.27. The van der Waals surface area contributed by atoms with Crippen LogP contribution >= 0.6 is 0 Å². The highest BCUT2D eigenvalue weighted by Crippen LogP contribution is 2.55. The summed E-state index contributed by atoms with van der Waals surface area (Å²) < 4.78 is 0. The summed E-state index contributed by atoms with van der Waals surface area (Å²) in [6, 6.07) is 2.16. The van der Waals surface area contributed by atoms with Gasteiger partial charge in [-0.1, -0.05) is 20.8 Å². The maximum atomic E-state index is 11.7. The van der Waals surface area contributed by atoms with E-state index >= 15 is 0 Å². The van der Waals surface area contributed by atoms with Crippen molar-refractivity contribution in [3.05, 3.63) is 11.3 Å². The molecule has 1 aliphatic heterocycles. The van der Waals surface area contributed by atoms with Gasteiger partial charge in [-0.25, -0.2) is 0 Å². The van der Waals surface area contributed by atoms with Crippen LogP contribution in [0.4, 0.5) is 0 Å². The molecule has 0 spiro atoms. The zero-order chi connectivity index (χ0) is 15.1. The lowest BCUT2D eigenvalue weighted by atomic mass is 9.56. The van der Waals surface area contributed by atoms with E-state index in [2.05, 4.69) is 13.0 Å². The summed E-state index contributed by atoms with van der Waals surface area (Å²) in [4.78, 5) is 13.6. The molecule has 0 bridgehead atoms. The quantitative estimate of drug-likeness (QED) is 0.739. The molecule has 1 amide bonds. The van der Waals surface area contributed by atoms with Crippen molar-refractivity contribution in [2.24, 2.45) is 16.7 Å². The average molecular weight is 276 g/mol. The minimum Gasteiger partial charge on any atom is -0.511 e. The predicted octanol–water partition coefficient (Wildman–Crippen LogP) is 3.02. The van der Waals surface area contributed by atoms with Gasteiger partial charge in [-0.15, -0.1) is 0 Å². The van der Waals surface area contributed by atoms with E-state index in [-0.39, 0.29) is 23.0 Å². The first-order valence-corrected chi connectivity index (χ1v) is 7.30. The second kappa shape index (κ2) is 4.80. The Morgan fingerprint density at radius 3 is 2.65 bits per heavy atom. The van der Waals surface area contributed by atoms with Crippen molar-refractivity contribution in [3.63, 3.8) is 0 Å². The number of rotatable bonds is 0. The second-order valence-electron chi connectivity index (χ2n) is 7.13. The number of hydrogen-bond donors (Lipinski definition) is 1. The monoisotopic (exact) mass is 276 g/mol. The molecule has 2 aliphatic rings. The molecule has 1 fully saturated rings. The van der Waals surface area contributed by atoms with E-state index in [9.17, 15) is 15.2 Å². The molecule has 1 aliphatic carbocycles. The van der Waals surface area contributed by atoms with Crippen LogP contribution in [0.3, 0.4) is 0 Å². The molecule has 0 aromatic heterocycles. The van der Waals surface area contributed by atoms with Gasteiger partial charge in [0.05, 0.1) is 11.6 Å². The van der Waals surface area contributed by atoms with Crippen LogP contribution in [-0.2, 0) is 4.79 Å². The summed E-state index contributed by atoms with van der Waals surface area (Å²) in [5.41, 5.74) is -0.0486. The molecular formula is C16H24N2O2. The molecule has 0 radical (unpaired) electrons. The summed E-state index contributed by atoms with van der Waals surface area (Å²) in [6.07, 6.45) is 2.50. The van der Waals surface area contributed by atoms with E-state index in [1.54, 1.807) is 6.92 Å². The number of aliphatic hydroxyl groups is 1. The molecule has 0 saturated carbocycles. The smallest absolute Gasteiger partial charge is 0.219 e. The molecule has 0 unspecified atom stereocenters. The SMILES string of the molecule is CC(=O)N1CCC[C@H]2C(C)(C)C(O)=C(C#N)C[C@]2(C)C1. The molecule has 4 nitrogen and oxygen atoms in total. The number of aliphatic hydroxyl groups excluding tert-OH is 1. The topological polar surface area (TPSA) is 64.3 Å². The van der Waals surface area contributed by atoms with Gasteiger partial charge in [0, 0.05) is 25.4 Å². The second-order valence-corrected chi connectivity index (χ2v) is 7.13. The molecule has 4 heteroatoms.